The summed E-state index contributed by atoms with van der Waals surface area (Å²) in [5, 5.41) is 2.43. The van der Waals surface area contributed by atoms with Crippen molar-refractivity contribution in [1.29, 1.82) is 0 Å². The summed E-state index contributed by atoms with van der Waals surface area (Å²) in [6.45, 7) is 2.58. The molecule has 1 heterocycles. The van der Waals surface area contributed by atoms with E-state index in [4.69, 9.17) is 21.7 Å². The summed E-state index contributed by atoms with van der Waals surface area (Å²) >= 11 is 5.65. The fraction of sp³-hybridized carbons (Fsp3) is 0.261. The largest absolute Gasteiger partial charge is 0.493 e. The van der Waals surface area contributed by atoms with Crippen LogP contribution in [0, 0.1) is 0 Å². The van der Waals surface area contributed by atoms with E-state index in [0.717, 1.165) is 35.0 Å². The molecule has 0 unspecified atom stereocenters. The number of hydrogen-bond acceptors (Lipinski definition) is 3. The van der Waals surface area contributed by atoms with Crippen molar-refractivity contribution in [2.75, 3.05) is 20.2 Å². The van der Waals surface area contributed by atoms with Gasteiger partial charge in [0.15, 0.2) is 11.5 Å². The summed E-state index contributed by atoms with van der Waals surface area (Å²) in [7, 11) is 1.67. The third-order valence-corrected chi connectivity index (χ3v) is 5.56. The Labute approximate surface area is 165 Å². The van der Waals surface area contributed by atoms with E-state index in [-0.39, 0.29) is 0 Å². The second kappa shape index (κ2) is 7.97. The number of rotatable bonds is 5. The lowest BCUT2D eigenvalue weighted by molar-refractivity contribution is 0.285. The predicted molar refractivity (Wildman–Crippen MR) is 114 cm³/mol. The minimum Gasteiger partial charge on any atom is -0.493 e. The lowest BCUT2D eigenvalue weighted by Crippen LogP contribution is -2.26. The fourth-order valence-electron chi connectivity index (χ4n) is 3.60. The van der Waals surface area contributed by atoms with Gasteiger partial charge in [0.2, 0.25) is 0 Å². The molecule has 3 aromatic carbocycles. The highest BCUT2D eigenvalue weighted by Gasteiger charge is 2.17. The SMILES string of the molecule is COc1cc(C(=S)N2CCCC2)ccc1OCc1cccc2ccccc12. The van der Waals surface area contributed by atoms with Crippen molar-refractivity contribution in [3.63, 3.8) is 0 Å². The summed E-state index contributed by atoms with van der Waals surface area (Å²) in [5.74, 6) is 1.45. The summed E-state index contributed by atoms with van der Waals surface area (Å²) in [4.78, 5) is 3.16. The van der Waals surface area contributed by atoms with E-state index in [1.807, 2.05) is 18.2 Å². The number of hydrogen-bond donors (Lipinski definition) is 0. The zero-order valence-corrected chi connectivity index (χ0v) is 16.3. The van der Waals surface area contributed by atoms with Crippen molar-refractivity contribution in [2.45, 2.75) is 19.4 Å². The third kappa shape index (κ3) is 3.76. The zero-order chi connectivity index (χ0) is 18.6. The van der Waals surface area contributed by atoms with Crippen LogP contribution in [0.15, 0.2) is 60.7 Å². The molecule has 27 heavy (non-hydrogen) atoms. The number of likely N-dealkylation sites (tertiary alicyclic amines) is 1. The van der Waals surface area contributed by atoms with Crippen molar-refractivity contribution in [2.24, 2.45) is 0 Å². The average molecular weight is 378 g/mol. The first-order valence-electron chi connectivity index (χ1n) is 9.33. The molecule has 3 aromatic rings. The molecule has 0 saturated carbocycles. The first-order valence-corrected chi connectivity index (χ1v) is 9.74. The number of benzene rings is 3. The number of ether oxygens (including phenoxy) is 2. The van der Waals surface area contributed by atoms with Crippen molar-refractivity contribution in [3.8, 4) is 11.5 Å². The van der Waals surface area contributed by atoms with Gasteiger partial charge in [-0.15, -0.1) is 0 Å². The molecule has 1 saturated heterocycles. The highest BCUT2D eigenvalue weighted by Crippen LogP contribution is 2.31. The van der Waals surface area contributed by atoms with Crippen LogP contribution < -0.4 is 9.47 Å². The quantitative estimate of drug-likeness (QED) is 0.570. The third-order valence-electron chi connectivity index (χ3n) is 5.07. The van der Waals surface area contributed by atoms with Gasteiger partial charge in [0.1, 0.15) is 11.6 Å². The Hall–Kier alpha value is -2.59. The molecule has 0 N–H and O–H groups in total. The Morgan fingerprint density at radius 1 is 0.963 bits per heavy atom. The van der Waals surface area contributed by atoms with Gasteiger partial charge < -0.3 is 14.4 Å². The van der Waals surface area contributed by atoms with Crippen LogP contribution in [-0.2, 0) is 6.61 Å². The standard InChI is InChI=1S/C23H23NO2S/c1-25-22-15-18(23(27)24-13-4-5-14-24)11-12-21(22)26-16-19-9-6-8-17-7-2-3-10-20(17)19/h2-3,6-12,15H,4-5,13-14,16H2,1H3. The van der Waals surface area contributed by atoms with Crippen molar-refractivity contribution in [1.82, 2.24) is 4.90 Å². The minimum absolute atomic E-state index is 0.494. The van der Waals surface area contributed by atoms with Crippen LogP contribution in [-0.4, -0.2) is 30.1 Å². The van der Waals surface area contributed by atoms with Gasteiger partial charge in [-0.25, -0.2) is 0 Å². The van der Waals surface area contributed by atoms with Crippen molar-refractivity contribution >= 4 is 28.0 Å². The summed E-state index contributed by atoms with van der Waals surface area (Å²) in [5.41, 5.74) is 2.17. The second-order valence-corrected chi connectivity index (χ2v) is 7.18. The normalized spacial score (nSPS) is 13.7. The molecular formula is C23H23NO2S. The number of nitrogens with zero attached hydrogens (tertiary/aromatic N) is 1. The maximum Gasteiger partial charge on any atom is 0.161 e. The van der Waals surface area contributed by atoms with Crippen molar-refractivity contribution < 1.29 is 9.47 Å². The Morgan fingerprint density at radius 3 is 2.56 bits per heavy atom. The molecule has 0 bridgehead atoms. The molecule has 0 spiro atoms. The predicted octanol–water partition coefficient (Wildman–Crippen LogP) is 5.20. The molecule has 0 radical (unpaired) electrons. The molecule has 1 aliphatic rings. The van der Waals surface area contributed by atoms with Gasteiger partial charge in [0.25, 0.3) is 0 Å². The molecule has 138 valence electrons. The average Bonchev–Trinajstić information content (AvgIpc) is 3.26. The lowest BCUT2D eigenvalue weighted by Gasteiger charge is -2.20. The number of thiocarbonyl (C=S) groups is 1. The summed E-state index contributed by atoms with van der Waals surface area (Å²) < 4.78 is 11.7. The molecule has 0 amide bonds. The lowest BCUT2D eigenvalue weighted by atomic mass is 10.1. The summed E-state index contributed by atoms with van der Waals surface area (Å²) in [6, 6.07) is 20.6. The van der Waals surface area contributed by atoms with Crippen LogP contribution in [0.2, 0.25) is 0 Å². The van der Waals surface area contributed by atoms with Gasteiger partial charge in [-0.1, -0.05) is 54.7 Å². The topological polar surface area (TPSA) is 21.7 Å². The van der Waals surface area contributed by atoms with Gasteiger partial charge in [-0.3, -0.25) is 0 Å². The maximum absolute atomic E-state index is 6.10. The Bertz CT molecular complexity index is 958. The van der Waals surface area contributed by atoms with Crippen LogP contribution in [0.1, 0.15) is 24.0 Å². The van der Waals surface area contributed by atoms with E-state index in [1.165, 1.54) is 23.6 Å². The van der Waals surface area contributed by atoms with Crippen LogP contribution in [0.5, 0.6) is 11.5 Å². The molecule has 4 rings (SSSR count). The zero-order valence-electron chi connectivity index (χ0n) is 15.5. The molecular weight excluding hydrogens is 354 g/mol. The first kappa shape index (κ1) is 17.8. The molecule has 1 fully saturated rings. The molecule has 3 nitrogen and oxygen atoms in total. The van der Waals surface area contributed by atoms with E-state index >= 15 is 0 Å². The van der Waals surface area contributed by atoms with Gasteiger partial charge in [-0.05, 0) is 47.4 Å². The second-order valence-electron chi connectivity index (χ2n) is 6.79. The van der Waals surface area contributed by atoms with E-state index in [2.05, 4.69) is 47.4 Å². The molecule has 4 heteroatoms. The van der Waals surface area contributed by atoms with Gasteiger partial charge in [0, 0.05) is 18.7 Å². The van der Waals surface area contributed by atoms with Crippen LogP contribution in [0.4, 0.5) is 0 Å². The number of fused-ring (bicyclic) bond motifs is 1. The summed E-state index contributed by atoms with van der Waals surface area (Å²) in [6.07, 6.45) is 2.42. The van der Waals surface area contributed by atoms with E-state index in [1.54, 1.807) is 7.11 Å². The van der Waals surface area contributed by atoms with E-state index < -0.39 is 0 Å². The fourth-order valence-corrected chi connectivity index (χ4v) is 3.91. The van der Waals surface area contributed by atoms with Crippen LogP contribution in [0.3, 0.4) is 0 Å². The Kier molecular flexibility index (Phi) is 5.26. The minimum atomic E-state index is 0.494. The van der Waals surface area contributed by atoms with Crippen LogP contribution in [0.25, 0.3) is 10.8 Å². The molecule has 0 aliphatic carbocycles. The molecule has 1 aliphatic heterocycles. The van der Waals surface area contributed by atoms with Gasteiger partial charge in [0.05, 0.1) is 7.11 Å². The maximum atomic E-state index is 6.10. The van der Waals surface area contributed by atoms with Gasteiger partial charge >= 0.3 is 0 Å². The molecule has 0 atom stereocenters. The monoisotopic (exact) mass is 377 g/mol. The first-order chi connectivity index (χ1) is 13.3. The van der Waals surface area contributed by atoms with E-state index in [9.17, 15) is 0 Å². The highest BCUT2D eigenvalue weighted by molar-refractivity contribution is 7.80. The highest BCUT2D eigenvalue weighted by atomic mass is 32.1. The van der Waals surface area contributed by atoms with Gasteiger partial charge in [-0.2, -0.15) is 0 Å². The Balaban J connectivity index is 1.54. The van der Waals surface area contributed by atoms with Crippen molar-refractivity contribution in [3.05, 3.63) is 71.8 Å². The number of methoxy groups -OCH3 is 1. The molecule has 0 aromatic heterocycles. The van der Waals surface area contributed by atoms with E-state index in [0.29, 0.717) is 12.4 Å². The smallest absolute Gasteiger partial charge is 0.161 e. The Morgan fingerprint density at radius 2 is 1.74 bits per heavy atom. The van der Waals surface area contributed by atoms with Crippen LogP contribution >= 0.6 is 12.2 Å².